The van der Waals surface area contributed by atoms with Gasteiger partial charge in [-0.25, -0.2) is 0 Å². The third kappa shape index (κ3) is 10.2. The van der Waals surface area contributed by atoms with Crippen molar-refractivity contribution in [2.45, 2.75) is 58.8 Å². The van der Waals surface area contributed by atoms with Gasteiger partial charge < -0.3 is 4.79 Å². The Kier molecular flexibility index (Phi) is 9.78. The third-order valence-electron chi connectivity index (χ3n) is 2.13. The second-order valence-electron chi connectivity index (χ2n) is 3.70. The Hall–Kier alpha value is 0.140. The summed E-state index contributed by atoms with van der Waals surface area (Å²) in [7, 11) is 0. The predicted molar refractivity (Wildman–Crippen MR) is 70.8 cm³/mol. The van der Waals surface area contributed by atoms with Crippen molar-refractivity contribution < 1.29 is 4.79 Å². The van der Waals surface area contributed by atoms with E-state index in [4.69, 9.17) is 0 Å². The Bertz CT molecular complexity index is 185. The predicted octanol–water partition coefficient (Wildman–Crippen LogP) is 4.64. The van der Waals surface area contributed by atoms with Gasteiger partial charge in [0.25, 0.3) is 0 Å². The van der Waals surface area contributed by atoms with Crippen LogP contribution in [-0.4, -0.2) is 5.78 Å². The molecule has 0 saturated carbocycles. The highest BCUT2D eigenvalue weighted by atomic mass is 127. The number of carbonyl (C=O) groups excluding carboxylic acids is 1. The fourth-order valence-corrected chi connectivity index (χ4v) is 1.95. The van der Waals surface area contributed by atoms with Gasteiger partial charge in [0.1, 0.15) is 5.78 Å². The van der Waals surface area contributed by atoms with Crippen molar-refractivity contribution in [1.29, 1.82) is 0 Å². The third-order valence-corrected chi connectivity index (χ3v) is 3.11. The van der Waals surface area contributed by atoms with Crippen LogP contribution in [-0.2, 0) is 4.79 Å². The largest absolute Gasteiger partial charge is 0.300 e. The Balaban J connectivity index is 3.42. The maximum Gasteiger partial charge on any atom is 0.130 e. The average molecular weight is 308 g/mol. The quantitative estimate of drug-likeness (QED) is 0.471. The van der Waals surface area contributed by atoms with E-state index < -0.39 is 0 Å². The molecule has 0 aromatic carbocycles. The average Bonchev–Trinajstić information content (AvgIpc) is 2.12. The topological polar surface area (TPSA) is 17.1 Å². The maximum atomic E-state index is 10.7. The zero-order chi connectivity index (χ0) is 10.8. The molecule has 14 heavy (non-hydrogen) atoms. The summed E-state index contributed by atoms with van der Waals surface area (Å²) in [5, 5.41) is 0. The summed E-state index contributed by atoms with van der Waals surface area (Å²) in [6, 6.07) is 0. The molecule has 0 spiro atoms. The van der Waals surface area contributed by atoms with Crippen molar-refractivity contribution in [2.24, 2.45) is 0 Å². The molecular weight excluding hydrogens is 287 g/mol. The fraction of sp³-hybridized carbons (Fsp3) is 0.750. The van der Waals surface area contributed by atoms with Gasteiger partial charge in [0.15, 0.2) is 0 Å². The van der Waals surface area contributed by atoms with Gasteiger partial charge in [0.2, 0.25) is 0 Å². The smallest absolute Gasteiger partial charge is 0.130 e. The van der Waals surface area contributed by atoms with E-state index in [0.29, 0.717) is 6.42 Å². The molecule has 0 bridgehead atoms. The second-order valence-corrected chi connectivity index (χ2v) is 5.09. The highest BCUT2D eigenvalue weighted by Gasteiger charge is 1.94. The SMILES string of the molecule is CCCCCC/C(I)=C/CCC(C)=O. The van der Waals surface area contributed by atoms with E-state index in [1.54, 1.807) is 6.92 Å². The Labute approximate surface area is 101 Å². The summed E-state index contributed by atoms with van der Waals surface area (Å²) in [5.41, 5.74) is 0. The molecule has 0 aromatic rings. The number of unbranched alkanes of at least 4 members (excludes halogenated alkanes) is 3. The van der Waals surface area contributed by atoms with E-state index >= 15 is 0 Å². The highest BCUT2D eigenvalue weighted by molar-refractivity contribution is 14.1. The van der Waals surface area contributed by atoms with Crippen LogP contribution in [0.25, 0.3) is 0 Å². The molecule has 0 aromatic heterocycles. The van der Waals surface area contributed by atoms with Crippen LogP contribution >= 0.6 is 22.6 Å². The summed E-state index contributed by atoms with van der Waals surface area (Å²) < 4.78 is 1.42. The van der Waals surface area contributed by atoms with Gasteiger partial charge in [0.05, 0.1) is 0 Å². The van der Waals surface area contributed by atoms with Crippen LogP contribution in [0.1, 0.15) is 58.8 Å². The van der Waals surface area contributed by atoms with Crippen LogP contribution in [0, 0.1) is 0 Å². The lowest BCUT2D eigenvalue weighted by Crippen LogP contribution is -1.87. The summed E-state index contributed by atoms with van der Waals surface area (Å²) in [5.74, 6) is 0.288. The number of Topliss-reactive ketones (excluding diaryl/α,β-unsaturated/α-hetero) is 1. The van der Waals surface area contributed by atoms with E-state index in [0.717, 1.165) is 6.42 Å². The molecule has 0 radical (unpaired) electrons. The lowest BCUT2D eigenvalue weighted by molar-refractivity contribution is -0.116. The molecule has 0 N–H and O–H groups in total. The first-order chi connectivity index (χ1) is 6.66. The number of carbonyl (C=O) groups is 1. The minimum Gasteiger partial charge on any atom is -0.300 e. The van der Waals surface area contributed by atoms with Crippen LogP contribution in [0.2, 0.25) is 0 Å². The number of halogens is 1. The minimum absolute atomic E-state index is 0.288. The van der Waals surface area contributed by atoms with E-state index in [9.17, 15) is 4.79 Å². The van der Waals surface area contributed by atoms with Crippen molar-refractivity contribution in [3.63, 3.8) is 0 Å². The number of allylic oxidation sites excluding steroid dienone is 2. The molecule has 0 aliphatic rings. The standard InChI is InChI=1S/C12H21IO/c1-3-4-5-6-9-12(13)10-7-8-11(2)14/h10H,3-9H2,1-2H3/b12-10-. The number of hydrogen-bond acceptors (Lipinski definition) is 1. The summed E-state index contributed by atoms with van der Waals surface area (Å²) in [6.45, 7) is 3.88. The van der Waals surface area contributed by atoms with Crippen molar-refractivity contribution in [2.75, 3.05) is 0 Å². The fourth-order valence-electron chi connectivity index (χ4n) is 1.25. The van der Waals surface area contributed by atoms with Crippen LogP contribution < -0.4 is 0 Å². The van der Waals surface area contributed by atoms with Crippen molar-refractivity contribution in [3.05, 3.63) is 9.66 Å². The Morgan fingerprint density at radius 1 is 1.21 bits per heavy atom. The second kappa shape index (κ2) is 9.69. The zero-order valence-corrected chi connectivity index (χ0v) is 11.5. The van der Waals surface area contributed by atoms with Crippen LogP contribution in [0.4, 0.5) is 0 Å². The van der Waals surface area contributed by atoms with Crippen molar-refractivity contribution in [3.8, 4) is 0 Å². The van der Waals surface area contributed by atoms with Crippen LogP contribution in [0.15, 0.2) is 9.66 Å². The molecule has 0 rings (SSSR count). The molecule has 0 aliphatic carbocycles. The summed E-state index contributed by atoms with van der Waals surface area (Å²) in [6.07, 6.45) is 10.3. The van der Waals surface area contributed by atoms with E-state index in [-0.39, 0.29) is 5.78 Å². The van der Waals surface area contributed by atoms with Gasteiger partial charge in [-0.15, -0.1) is 0 Å². The van der Waals surface area contributed by atoms with Crippen LogP contribution in [0.3, 0.4) is 0 Å². The minimum atomic E-state index is 0.288. The number of hydrogen-bond donors (Lipinski definition) is 0. The molecule has 0 aliphatic heterocycles. The molecule has 0 atom stereocenters. The van der Waals surface area contributed by atoms with E-state index in [1.807, 2.05) is 0 Å². The molecular formula is C12H21IO. The molecule has 0 amide bonds. The molecule has 2 heteroatoms. The van der Waals surface area contributed by atoms with Crippen LogP contribution in [0.5, 0.6) is 0 Å². The van der Waals surface area contributed by atoms with Gasteiger partial charge in [-0.2, -0.15) is 0 Å². The highest BCUT2D eigenvalue weighted by Crippen LogP contribution is 2.17. The molecule has 0 fully saturated rings. The first kappa shape index (κ1) is 14.1. The van der Waals surface area contributed by atoms with Crippen molar-refractivity contribution >= 4 is 28.4 Å². The normalized spacial score (nSPS) is 11.8. The van der Waals surface area contributed by atoms with Crippen molar-refractivity contribution in [1.82, 2.24) is 0 Å². The number of rotatable bonds is 8. The summed E-state index contributed by atoms with van der Waals surface area (Å²) >= 11 is 2.39. The van der Waals surface area contributed by atoms with Gasteiger partial charge in [-0.1, -0.05) is 32.3 Å². The first-order valence-corrected chi connectivity index (χ1v) is 6.58. The molecule has 1 nitrogen and oxygen atoms in total. The first-order valence-electron chi connectivity index (χ1n) is 5.50. The Morgan fingerprint density at radius 3 is 2.50 bits per heavy atom. The van der Waals surface area contributed by atoms with Gasteiger partial charge in [0, 0.05) is 6.42 Å². The van der Waals surface area contributed by atoms with Gasteiger partial charge in [-0.3, -0.25) is 0 Å². The van der Waals surface area contributed by atoms with E-state index in [1.165, 1.54) is 35.7 Å². The molecule has 82 valence electrons. The lowest BCUT2D eigenvalue weighted by Gasteiger charge is -1.99. The van der Waals surface area contributed by atoms with Gasteiger partial charge in [-0.05, 0) is 52.4 Å². The van der Waals surface area contributed by atoms with Gasteiger partial charge >= 0.3 is 0 Å². The molecule has 0 unspecified atom stereocenters. The molecule has 0 saturated heterocycles. The zero-order valence-electron chi connectivity index (χ0n) is 9.31. The van der Waals surface area contributed by atoms with E-state index in [2.05, 4.69) is 35.6 Å². The lowest BCUT2D eigenvalue weighted by atomic mass is 10.1. The maximum absolute atomic E-state index is 10.7. The monoisotopic (exact) mass is 308 g/mol. The number of ketones is 1. The summed E-state index contributed by atoms with van der Waals surface area (Å²) in [4.78, 5) is 10.7. The molecule has 0 heterocycles. The Morgan fingerprint density at radius 2 is 1.93 bits per heavy atom.